The molecule has 19 heteroatoms. The SMILES string of the molecule is CCCCCCCCCCCCCCCC(=O)OC[C@H](COP(=O)(O)OC[C@H](O)COP(=O)(O)OC[C@@H](COC(=O)CCCCCCCCCCCCC(C)CC)OC(=O)CCCCCCCCCCCCCCC(C)C)OC(=O)CCCCCCCCCCCCC(C)C. The smallest absolute Gasteiger partial charge is 0.462 e. The van der Waals surface area contributed by atoms with Gasteiger partial charge in [-0.1, -0.05) is 337 Å². The first-order chi connectivity index (χ1) is 45.8. The van der Waals surface area contributed by atoms with E-state index in [0.717, 1.165) is 108 Å². The van der Waals surface area contributed by atoms with E-state index in [4.69, 9.17) is 37.0 Å². The van der Waals surface area contributed by atoms with Crippen LogP contribution in [0.5, 0.6) is 0 Å². The van der Waals surface area contributed by atoms with Gasteiger partial charge >= 0.3 is 39.5 Å². The van der Waals surface area contributed by atoms with E-state index < -0.39 is 97.5 Å². The van der Waals surface area contributed by atoms with Gasteiger partial charge in [0.05, 0.1) is 26.4 Å². The maximum absolute atomic E-state index is 13.1. The van der Waals surface area contributed by atoms with E-state index in [9.17, 15) is 43.2 Å². The van der Waals surface area contributed by atoms with E-state index in [-0.39, 0.29) is 25.7 Å². The molecule has 0 saturated heterocycles. The fourth-order valence-corrected chi connectivity index (χ4v) is 13.1. The van der Waals surface area contributed by atoms with Crippen molar-refractivity contribution >= 4 is 39.5 Å². The molecule has 0 aliphatic carbocycles. The summed E-state index contributed by atoms with van der Waals surface area (Å²) in [4.78, 5) is 72.9. The van der Waals surface area contributed by atoms with Crippen molar-refractivity contribution < 1.29 is 80.2 Å². The lowest BCUT2D eigenvalue weighted by Crippen LogP contribution is -2.30. The van der Waals surface area contributed by atoms with Crippen LogP contribution in [0.25, 0.3) is 0 Å². The molecule has 0 amide bonds. The summed E-state index contributed by atoms with van der Waals surface area (Å²) in [6, 6.07) is 0. The second kappa shape index (κ2) is 66.6. The Labute approximate surface area is 581 Å². The lowest BCUT2D eigenvalue weighted by Gasteiger charge is -2.21. The van der Waals surface area contributed by atoms with Gasteiger partial charge < -0.3 is 33.8 Å². The normalized spacial score (nSPS) is 14.4. The summed E-state index contributed by atoms with van der Waals surface area (Å²) in [5.41, 5.74) is 0. The molecule has 0 aromatic rings. The number of hydrogen-bond donors (Lipinski definition) is 3. The largest absolute Gasteiger partial charge is 0.472 e. The Balaban J connectivity index is 5.28. The molecular formula is C76H148O17P2. The highest BCUT2D eigenvalue weighted by molar-refractivity contribution is 7.47. The maximum atomic E-state index is 13.1. The van der Waals surface area contributed by atoms with Gasteiger partial charge in [-0.3, -0.25) is 37.3 Å². The van der Waals surface area contributed by atoms with Gasteiger partial charge in [-0.15, -0.1) is 0 Å². The van der Waals surface area contributed by atoms with Crippen molar-refractivity contribution in [2.75, 3.05) is 39.6 Å². The number of carbonyl (C=O) groups is 4. The lowest BCUT2D eigenvalue weighted by molar-refractivity contribution is -0.161. The molecule has 3 unspecified atom stereocenters. The lowest BCUT2D eigenvalue weighted by atomic mass is 9.99. The minimum absolute atomic E-state index is 0.106. The van der Waals surface area contributed by atoms with E-state index in [1.807, 2.05) is 0 Å². The summed E-state index contributed by atoms with van der Waals surface area (Å²) >= 11 is 0. The number of ether oxygens (including phenoxy) is 4. The first kappa shape index (κ1) is 93.1. The predicted octanol–water partition coefficient (Wildman–Crippen LogP) is 22.2. The molecule has 6 atom stereocenters. The summed E-state index contributed by atoms with van der Waals surface area (Å²) in [7, 11) is -9.91. The molecule has 0 aliphatic rings. The van der Waals surface area contributed by atoms with Crippen LogP contribution in [0.4, 0.5) is 0 Å². The summed E-state index contributed by atoms with van der Waals surface area (Å²) in [5, 5.41) is 10.6. The zero-order valence-corrected chi connectivity index (χ0v) is 63.9. The maximum Gasteiger partial charge on any atom is 0.472 e. The first-order valence-electron chi connectivity index (χ1n) is 39.4. The zero-order chi connectivity index (χ0) is 70.1. The van der Waals surface area contributed by atoms with Crippen LogP contribution in [-0.2, 0) is 65.4 Å². The number of rotatable bonds is 74. The average molecular weight is 1400 g/mol. The molecule has 564 valence electrons. The molecular weight excluding hydrogens is 1250 g/mol. The van der Waals surface area contributed by atoms with Crippen LogP contribution in [0.3, 0.4) is 0 Å². The van der Waals surface area contributed by atoms with Crippen molar-refractivity contribution in [1.29, 1.82) is 0 Å². The Morgan fingerprint density at radius 3 is 0.800 bits per heavy atom. The number of aliphatic hydroxyl groups excluding tert-OH is 1. The molecule has 95 heavy (non-hydrogen) atoms. The van der Waals surface area contributed by atoms with Gasteiger partial charge in [-0.25, -0.2) is 9.13 Å². The molecule has 0 heterocycles. The molecule has 0 aliphatic heterocycles. The molecule has 3 N–H and O–H groups in total. The van der Waals surface area contributed by atoms with Gasteiger partial charge in [0.1, 0.15) is 19.3 Å². The molecule has 0 aromatic carbocycles. The van der Waals surface area contributed by atoms with Crippen LogP contribution in [0.15, 0.2) is 0 Å². The molecule has 0 fully saturated rings. The third-order valence-corrected chi connectivity index (χ3v) is 19.9. The summed E-state index contributed by atoms with van der Waals surface area (Å²) in [6.45, 7) is 11.9. The molecule has 0 aromatic heterocycles. The summed E-state index contributed by atoms with van der Waals surface area (Å²) < 4.78 is 68.6. The van der Waals surface area contributed by atoms with E-state index in [1.54, 1.807) is 0 Å². The van der Waals surface area contributed by atoms with Gasteiger partial charge in [0.15, 0.2) is 12.2 Å². The van der Waals surface area contributed by atoms with Gasteiger partial charge in [0.25, 0.3) is 0 Å². The average Bonchev–Trinajstić information content (AvgIpc) is 1.88. The van der Waals surface area contributed by atoms with Crippen LogP contribution in [-0.4, -0.2) is 96.7 Å². The fourth-order valence-electron chi connectivity index (χ4n) is 11.6. The third kappa shape index (κ3) is 69.0. The Morgan fingerprint density at radius 2 is 0.537 bits per heavy atom. The number of esters is 4. The van der Waals surface area contributed by atoms with Crippen molar-refractivity contribution in [2.24, 2.45) is 17.8 Å². The Hall–Kier alpha value is -1.94. The molecule has 0 bridgehead atoms. The topological polar surface area (TPSA) is 237 Å². The molecule has 0 saturated carbocycles. The number of unbranched alkanes of at least 4 members (excludes halogenated alkanes) is 41. The number of hydrogen-bond acceptors (Lipinski definition) is 15. The van der Waals surface area contributed by atoms with Crippen molar-refractivity contribution in [3.05, 3.63) is 0 Å². The minimum Gasteiger partial charge on any atom is -0.462 e. The number of phosphoric acid groups is 2. The summed E-state index contributed by atoms with van der Waals surface area (Å²) in [6.07, 6.45) is 52.5. The highest BCUT2D eigenvalue weighted by Gasteiger charge is 2.30. The Morgan fingerprint density at radius 1 is 0.305 bits per heavy atom. The van der Waals surface area contributed by atoms with Gasteiger partial charge in [-0.05, 0) is 43.4 Å². The molecule has 17 nitrogen and oxygen atoms in total. The first-order valence-corrected chi connectivity index (χ1v) is 42.4. The highest BCUT2D eigenvalue weighted by Crippen LogP contribution is 2.45. The van der Waals surface area contributed by atoms with E-state index in [1.165, 1.54) is 199 Å². The monoisotopic (exact) mass is 1400 g/mol. The second-order valence-electron chi connectivity index (χ2n) is 28.6. The van der Waals surface area contributed by atoms with E-state index in [0.29, 0.717) is 25.7 Å². The highest BCUT2D eigenvalue weighted by atomic mass is 31.2. The minimum atomic E-state index is -4.96. The third-order valence-electron chi connectivity index (χ3n) is 18.0. The summed E-state index contributed by atoms with van der Waals surface area (Å²) in [5.74, 6) is 0.222. The van der Waals surface area contributed by atoms with Crippen molar-refractivity contribution in [2.45, 2.75) is 407 Å². The zero-order valence-electron chi connectivity index (χ0n) is 62.1. The van der Waals surface area contributed by atoms with E-state index in [2.05, 4.69) is 48.5 Å². The second-order valence-corrected chi connectivity index (χ2v) is 31.5. The number of carbonyl (C=O) groups excluding carboxylic acids is 4. The van der Waals surface area contributed by atoms with Crippen molar-refractivity contribution in [3.63, 3.8) is 0 Å². The predicted molar refractivity (Wildman–Crippen MR) is 386 cm³/mol. The van der Waals surface area contributed by atoms with Crippen LogP contribution >= 0.6 is 15.6 Å². The number of phosphoric ester groups is 2. The van der Waals surface area contributed by atoms with Crippen LogP contribution in [0, 0.1) is 17.8 Å². The van der Waals surface area contributed by atoms with Crippen LogP contribution in [0.1, 0.15) is 389 Å². The van der Waals surface area contributed by atoms with Gasteiger partial charge in [0, 0.05) is 25.7 Å². The standard InChI is InChI=1S/C76H148O17P2/c1-8-10-11-12-13-14-15-16-20-29-36-43-50-57-73(78)86-63-72(93-76(81)60-53-46-39-32-24-22-27-34-41-48-55-68(5)6)66-91-95(84,85)89-62-70(77)61-88-94(82,83)90-65-71(64-87-74(79)58-51-44-37-30-25-23-28-35-42-49-56-69(7)9-2)92-75(80)59-52-45-38-31-21-18-17-19-26-33-40-47-54-67(3)4/h67-72,77H,8-66H2,1-7H3,(H,82,83)(H,84,85)/t69?,70-,71-,72-/m1/s1. The molecule has 0 radical (unpaired) electrons. The number of aliphatic hydroxyl groups is 1. The van der Waals surface area contributed by atoms with Crippen LogP contribution < -0.4 is 0 Å². The Bertz CT molecular complexity index is 1850. The molecule has 0 spiro atoms. The van der Waals surface area contributed by atoms with Crippen molar-refractivity contribution in [3.8, 4) is 0 Å². The van der Waals surface area contributed by atoms with Crippen LogP contribution in [0.2, 0.25) is 0 Å². The van der Waals surface area contributed by atoms with Gasteiger partial charge in [0.2, 0.25) is 0 Å². The van der Waals surface area contributed by atoms with Gasteiger partial charge in [-0.2, -0.15) is 0 Å². The molecule has 0 rings (SSSR count). The fraction of sp³-hybridized carbons (Fsp3) is 0.947. The quantitative estimate of drug-likeness (QED) is 0.0222. The van der Waals surface area contributed by atoms with E-state index >= 15 is 0 Å². The van der Waals surface area contributed by atoms with Crippen molar-refractivity contribution in [1.82, 2.24) is 0 Å². The Kier molecular flexibility index (Phi) is 65.2.